The minimum atomic E-state index is -0.0762. The van der Waals surface area contributed by atoms with Crippen LogP contribution in [0, 0.1) is 0 Å². The predicted molar refractivity (Wildman–Crippen MR) is 78.1 cm³/mol. The van der Waals surface area contributed by atoms with E-state index >= 15 is 0 Å². The number of carbonyl (C=O) groups excluding carboxylic acids is 1. The van der Waals surface area contributed by atoms with Crippen LogP contribution in [0.2, 0.25) is 0 Å². The number of nitrogens with zero attached hydrogens (tertiary/aromatic N) is 2. The van der Waals surface area contributed by atoms with Crippen molar-refractivity contribution in [3.63, 3.8) is 0 Å². The van der Waals surface area contributed by atoms with Gasteiger partial charge in [0.15, 0.2) is 11.5 Å². The number of benzene rings is 1. The molecule has 0 unspecified atom stereocenters. The Labute approximate surface area is 123 Å². The van der Waals surface area contributed by atoms with Crippen molar-refractivity contribution < 1.29 is 14.3 Å². The monoisotopic (exact) mass is 289 g/mol. The molecular weight excluding hydrogens is 270 g/mol. The fraction of sp³-hybridized carbons (Fsp3) is 0.400. The van der Waals surface area contributed by atoms with Gasteiger partial charge in [-0.05, 0) is 23.9 Å². The Morgan fingerprint density at radius 2 is 2.00 bits per heavy atom. The maximum absolute atomic E-state index is 11.7. The Morgan fingerprint density at radius 3 is 2.76 bits per heavy atom. The summed E-state index contributed by atoms with van der Waals surface area (Å²) in [4.78, 5) is 15.8. The van der Waals surface area contributed by atoms with Crippen LogP contribution >= 0.6 is 0 Å². The first kappa shape index (κ1) is 13.8. The number of carbonyl (C=O) groups is 1. The standard InChI is InChI=1S/C15H19N3O3/c1-2-16-15(19)18-7-5-17(6-8-18)10-12-3-4-13-14(9-12)21-11-20-13/h2-4,9H,1,5-8,10-11H2,(H,16,19). The highest BCUT2D eigenvalue weighted by Crippen LogP contribution is 2.32. The van der Waals surface area contributed by atoms with Crippen LogP contribution in [-0.4, -0.2) is 48.8 Å². The molecular formula is C15H19N3O3. The van der Waals surface area contributed by atoms with Crippen LogP contribution in [0.15, 0.2) is 31.0 Å². The van der Waals surface area contributed by atoms with Gasteiger partial charge < -0.3 is 19.7 Å². The molecule has 1 aromatic carbocycles. The van der Waals surface area contributed by atoms with E-state index in [-0.39, 0.29) is 6.03 Å². The number of hydrogen-bond acceptors (Lipinski definition) is 4. The molecule has 0 aromatic heterocycles. The largest absolute Gasteiger partial charge is 0.454 e. The molecule has 21 heavy (non-hydrogen) atoms. The SMILES string of the molecule is C=CNC(=O)N1CCN(Cc2ccc3c(c2)OCO3)CC1. The molecule has 0 atom stereocenters. The van der Waals surface area contributed by atoms with E-state index in [0.29, 0.717) is 6.79 Å². The van der Waals surface area contributed by atoms with Gasteiger partial charge >= 0.3 is 6.03 Å². The maximum atomic E-state index is 11.7. The molecule has 2 amide bonds. The lowest BCUT2D eigenvalue weighted by molar-refractivity contribution is 0.137. The van der Waals surface area contributed by atoms with Gasteiger partial charge in [0, 0.05) is 32.7 Å². The zero-order chi connectivity index (χ0) is 14.7. The van der Waals surface area contributed by atoms with Crippen LogP contribution < -0.4 is 14.8 Å². The van der Waals surface area contributed by atoms with Gasteiger partial charge in [-0.3, -0.25) is 4.90 Å². The van der Waals surface area contributed by atoms with Crippen LogP contribution in [0.3, 0.4) is 0 Å². The average Bonchev–Trinajstić information content (AvgIpc) is 2.96. The molecule has 3 rings (SSSR count). The van der Waals surface area contributed by atoms with Crippen LogP contribution in [0.1, 0.15) is 5.56 Å². The Bertz CT molecular complexity index is 539. The molecule has 0 radical (unpaired) electrons. The van der Waals surface area contributed by atoms with Crippen molar-refractivity contribution in [1.82, 2.24) is 15.1 Å². The van der Waals surface area contributed by atoms with Crippen LogP contribution in [-0.2, 0) is 6.54 Å². The van der Waals surface area contributed by atoms with E-state index in [4.69, 9.17) is 9.47 Å². The molecule has 1 aromatic rings. The van der Waals surface area contributed by atoms with Gasteiger partial charge in [0.05, 0.1) is 0 Å². The molecule has 112 valence electrons. The highest BCUT2D eigenvalue weighted by Gasteiger charge is 2.21. The highest BCUT2D eigenvalue weighted by molar-refractivity contribution is 5.75. The van der Waals surface area contributed by atoms with Crippen molar-refractivity contribution in [1.29, 1.82) is 0 Å². The molecule has 0 bridgehead atoms. The van der Waals surface area contributed by atoms with Gasteiger partial charge in [0.2, 0.25) is 6.79 Å². The summed E-state index contributed by atoms with van der Waals surface area (Å²) in [6.07, 6.45) is 1.42. The van der Waals surface area contributed by atoms with Gasteiger partial charge in [0.25, 0.3) is 0 Å². The van der Waals surface area contributed by atoms with E-state index in [9.17, 15) is 4.79 Å². The topological polar surface area (TPSA) is 54.0 Å². The normalized spacial score (nSPS) is 17.6. The maximum Gasteiger partial charge on any atom is 0.321 e. The van der Waals surface area contributed by atoms with Crippen molar-refractivity contribution in [3.05, 3.63) is 36.5 Å². The Kier molecular flexibility index (Phi) is 3.96. The molecule has 2 aliphatic rings. The molecule has 6 heteroatoms. The molecule has 2 aliphatic heterocycles. The molecule has 6 nitrogen and oxygen atoms in total. The molecule has 0 aliphatic carbocycles. The van der Waals surface area contributed by atoms with Crippen LogP contribution in [0.25, 0.3) is 0 Å². The third-order valence-corrected chi connectivity index (χ3v) is 3.73. The smallest absolute Gasteiger partial charge is 0.321 e. The van der Waals surface area contributed by atoms with Gasteiger partial charge in [0.1, 0.15) is 0 Å². The molecule has 1 fully saturated rings. The Hall–Kier alpha value is -2.21. The lowest BCUT2D eigenvalue weighted by Crippen LogP contribution is -2.50. The summed E-state index contributed by atoms with van der Waals surface area (Å²) < 4.78 is 10.7. The van der Waals surface area contributed by atoms with E-state index in [1.54, 1.807) is 4.90 Å². The molecule has 0 saturated carbocycles. The average molecular weight is 289 g/mol. The summed E-state index contributed by atoms with van der Waals surface area (Å²) in [5, 5.41) is 2.61. The fourth-order valence-electron chi connectivity index (χ4n) is 2.59. The van der Waals surface area contributed by atoms with Crippen molar-refractivity contribution in [2.24, 2.45) is 0 Å². The van der Waals surface area contributed by atoms with Crippen LogP contribution in [0.4, 0.5) is 4.79 Å². The molecule has 2 heterocycles. The lowest BCUT2D eigenvalue weighted by Gasteiger charge is -2.34. The van der Waals surface area contributed by atoms with Crippen molar-refractivity contribution in [3.8, 4) is 11.5 Å². The van der Waals surface area contributed by atoms with Crippen molar-refractivity contribution in [2.75, 3.05) is 33.0 Å². The second kappa shape index (κ2) is 6.05. The number of ether oxygens (including phenoxy) is 2. The minimum absolute atomic E-state index is 0.0762. The zero-order valence-corrected chi connectivity index (χ0v) is 11.9. The van der Waals surface area contributed by atoms with E-state index in [0.717, 1.165) is 44.2 Å². The fourth-order valence-corrected chi connectivity index (χ4v) is 2.59. The van der Waals surface area contributed by atoms with Crippen molar-refractivity contribution in [2.45, 2.75) is 6.54 Å². The lowest BCUT2D eigenvalue weighted by atomic mass is 10.1. The number of piperazine rings is 1. The summed E-state index contributed by atoms with van der Waals surface area (Å²) in [7, 11) is 0. The minimum Gasteiger partial charge on any atom is -0.454 e. The Balaban J connectivity index is 1.53. The molecule has 1 saturated heterocycles. The number of urea groups is 1. The number of rotatable bonds is 3. The van der Waals surface area contributed by atoms with Crippen molar-refractivity contribution >= 4 is 6.03 Å². The summed E-state index contributed by atoms with van der Waals surface area (Å²) in [5.41, 5.74) is 1.20. The Morgan fingerprint density at radius 1 is 1.24 bits per heavy atom. The van der Waals surface area contributed by atoms with E-state index in [1.807, 2.05) is 12.1 Å². The first-order chi connectivity index (χ1) is 10.3. The number of fused-ring (bicyclic) bond motifs is 1. The molecule has 0 spiro atoms. The van der Waals surface area contributed by atoms with E-state index in [2.05, 4.69) is 22.9 Å². The number of nitrogens with one attached hydrogen (secondary N) is 1. The summed E-state index contributed by atoms with van der Waals surface area (Å²) in [6.45, 7) is 7.83. The number of hydrogen-bond donors (Lipinski definition) is 1. The van der Waals surface area contributed by atoms with Gasteiger partial charge in [-0.15, -0.1) is 0 Å². The highest BCUT2D eigenvalue weighted by atomic mass is 16.7. The zero-order valence-electron chi connectivity index (χ0n) is 11.9. The quantitative estimate of drug-likeness (QED) is 0.913. The predicted octanol–water partition coefficient (Wildman–Crippen LogP) is 1.39. The van der Waals surface area contributed by atoms with E-state index < -0.39 is 0 Å². The summed E-state index contributed by atoms with van der Waals surface area (Å²) in [6, 6.07) is 5.96. The second-order valence-electron chi connectivity index (χ2n) is 5.10. The molecule has 1 N–H and O–H groups in total. The first-order valence-electron chi connectivity index (χ1n) is 7.03. The number of amides is 2. The first-order valence-corrected chi connectivity index (χ1v) is 7.03. The van der Waals surface area contributed by atoms with Crippen LogP contribution in [0.5, 0.6) is 11.5 Å². The third kappa shape index (κ3) is 3.11. The van der Waals surface area contributed by atoms with Gasteiger partial charge in [-0.2, -0.15) is 0 Å². The summed E-state index contributed by atoms with van der Waals surface area (Å²) in [5.74, 6) is 1.63. The third-order valence-electron chi connectivity index (χ3n) is 3.73. The van der Waals surface area contributed by atoms with Gasteiger partial charge in [-0.1, -0.05) is 12.6 Å². The van der Waals surface area contributed by atoms with Gasteiger partial charge in [-0.25, -0.2) is 4.79 Å². The summed E-state index contributed by atoms with van der Waals surface area (Å²) >= 11 is 0. The van der Waals surface area contributed by atoms with E-state index in [1.165, 1.54) is 11.8 Å². The second-order valence-corrected chi connectivity index (χ2v) is 5.10.